The van der Waals surface area contributed by atoms with Crippen LogP contribution in [-0.2, 0) is 22.7 Å². The Labute approximate surface area is 315 Å². The maximum absolute atomic E-state index is 11.9. The van der Waals surface area contributed by atoms with Gasteiger partial charge >= 0.3 is 62.7 Å². The van der Waals surface area contributed by atoms with Crippen molar-refractivity contribution in [3.8, 4) is 0 Å². The molecule has 2 aromatic rings. The second-order valence-corrected chi connectivity index (χ2v) is 27.2. The summed E-state index contributed by atoms with van der Waals surface area (Å²) in [5.74, 6) is 0. The Morgan fingerprint density at radius 3 is 1.63 bits per heavy atom. The summed E-state index contributed by atoms with van der Waals surface area (Å²) in [5.41, 5.74) is 7.66. The van der Waals surface area contributed by atoms with Crippen LogP contribution in [0.3, 0.4) is 0 Å². The number of halogens is 3. The van der Waals surface area contributed by atoms with Crippen molar-refractivity contribution >= 4 is 62.9 Å². The van der Waals surface area contributed by atoms with E-state index >= 15 is 0 Å². The van der Waals surface area contributed by atoms with Crippen molar-refractivity contribution in [2.24, 2.45) is 5.73 Å². The molecule has 0 unspecified atom stereocenters. The van der Waals surface area contributed by atoms with E-state index in [0.29, 0.717) is 39.1 Å². The van der Waals surface area contributed by atoms with Gasteiger partial charge in [0.1, 0.15) is 13.2 Å². The average Bonchev–Trinajstić information content (AvgIpc) is 3.86. The number of likely N-dealkylation sites (tertiary alicyclic amines) is 2. The van der Waals surface area contributed by atoms with Gasteiger partial charge in [-0.2, -0.15) is 13.5 Å². The molecule has 0 saturated carbocycles. The SMILES string of the molecule is C.CC[C@@H]1CCCN1.CC[C@@H]1CCCN1C(=O)OCc1ccccc1.I[I-]I.NC[C@@H]1CCCN1C(=O)OCc1ccccc1.S. The number of nitrogens with one attached hydrogen (secondary N) is 1. The zero-order chi connectivity index (χ0) is 32.0. The topological polar surface area (TPSA) is 97.1 Å². The van der Waals surface area contributed by atoms with Gasteiger partial charge in [0, 0.05) is 37.8 Å². The maximum Gasteiger partial charge on any atom is 0.410 e. The Hall–Kier alpha value is -0.560. The van der Waals surface area contributed by atoms with Crippen molar-refractivity contribution in [2.45, 2.75) is 104 Å². The second-order valence-electron chi connectivity index (χ2n) is 11.0. The number of hydrogen-bond acceptors (Lipinski definition) is 6. The molecule has 2 amide bonds. The molecule has 0 spiro atoms. The fraction of sp³-hybridized carbons (Fsp3) is 0.588. The summed E-state index contributed by atoms with van der Waals surface area (Å²) >= 11 is 5.30. The molecule has 0 aromatic heterocycles. The molecule has 3 atom stereocenters. The van der Waals surface area contributed by atoms with Gasteiger partial charge in [-0.3, -0.25) is 0 Å². The molecular weight excluding hydrogens is 941 g/mol. The number of benzene rings is 2. The largest absolute Gasteiger partial charge is 0.445 e. The Bertz CT molecular complexity index is 966. The van der Waals surface area contributed by atoms with Crippen LogP contribution in [0, 0.1) is 0 Å². The van der Waals surface area contributed by atoms with E-state index < -0.39 is 0 Å². The van der Waals surface area contributed by atoms with Crippen molar-refractivity contribution in [3.63, 3.8) is 0 Å². The van der Waals surface area contributed by atoms with E-state index in [4.69, 9.17) is 15.2 Å². The minimum atomic E-state index is -0.248. The van der Waals surface area contributed by atoms with Gasteiger partial charge in [-0.25, -0.2) is 9.59 Å². The number of rotatable bonds is 7. The fourth-order valence-electron chi connectivity index (χ4n) is 5.53. The standard InChI is InChI=1S/C14H19NO2.C13H18N2O2.C6H13N.CH4.I3.H2S/c1-2-13-9-6-10-15(13)14(16)17-11-12-7-4-3-5-8-12;14-9-12-7-4-8-15(12)13(16)17-10-11-5-2-1-3-6-11;1-2-6-4-3-5-7-6;;1-3-2;/h3-5,7-8,13H,2,6,9-11H2,1H3;1-3,5-6,12H,4,7-10,14H2;6-7H,2-5H2,1H3;1H4;;1H2/q;;;;-1;/t13-;12-;6-;;;/m101.../s1. The first kappa shape index (κ1) is 45.4. The second kappa shape index (κ2) is 28.3. The minimum Gasteiger partial charge on any atom is -0.445 e. The first-order valence-corrected chi connectivity index (χ1v) is 28.3. The normalized spacial score (nSPS) is 19.5. The van der Waals surface area contributed by atoms with Crippen LogP contribution in [0.2, 0.25) is 0 Å². The Morgan fingerprint density at radius 2 is 1.26 bits per heavy atom. The molecule has 0 aliphatic carbocycles. The molecule has 3 fully saturated rings. The first-order chi connectivity index (χ1) is 21.5. The monoisotopic (exact) mass is 997 g/mol. The molecule has 3 N–H and O–H groups in total. The number of carbonyl (C=O) groups excluding carboxylic acids is 2. The van der Waals surface area contributed by atoms with Crippen molar-refractivity contribution < 1.29 is 32.3 Å². The van der Waals surface area contributed by atoms with Gasteiger partial charge < -0.3 is 30.3 Å². The van der Waals surface area contributed by atoms with Crippen molar-refractivity contribution in [2.75, 3.05) is 26.2 Å². The van der Waals surface area contributed by atoms with E-state index in [-0.39, 0.29) is 39.2 Å². The molecule has 3 saturated heterocycles. The van der Waals surface area contributed by atoms with Crippen LogP contribution in [0.1, 0.15) is 83.8 Å². The van der Waals surface area contributed by atoms with E-state index in [2.05, 4.69) is 56.4 Å². The van der Waals surface area contributed by atoms with Crippen molar-refractivity contribution in [3.05, 3.63) is 71.8 Å². The summed E-state index contributed by atoms with van der Waals surface area (Å²) < 4.78 is 10.6. The van der Waals surface area contributed by atoms with Gasteiger partial charge in [-0.1, -0.05) is 81.9 Å². The molecule has 46 heavy (non-hydrogen) atoms. The molecule has 5 rings (SSSR count). The molecule has 3 aliphatic rings. The zero-order valence-electron chi connectivity index (χ0n) is 26.6. The third-order valence-electron chi connectivity index (χ3n) is 8.03. The summed E-state index contributed by atoms with van der Waals surface area (Å²) in [5, 5.41) is 3.41. The number of ether oxygens (including phenoxy) is 2. The number of nitrogens with two attached hydrogens (primary N) is 1. The molecule has 8 nitrogen and oxygen atoms in total. The fourth-order valence-corrected chi connectivity index (χ4v) is 5.53. The van der Waals surface area contributed by atoms with Gasteiger partial charge in [-0.15, -0.1) is 0 Å². The van der Waals surface area contributed by atoms with Gasteiger partial charge in [0.25, 0.3) is 0 Å². The maximum atomic E-state index is 11.9. The number of carbonyl (C=O) groups is 2. The van der Waals surface area contributed by atoms with Crippen LogP contribution in [0.25, 0.3) is 0 Å². The number of amides is 2. The minimum absolute atomic E-state index is 0. The predicted octanol–water partition coefficient (Wildman–Crippen LogP) is 5.62. The van der Waals surface area contributed by atoms with Crippen molar-refractivity contribution in [1.82, 2.24) is 15.1 Å². The Morgan fingerprint density at radius 1 is 0.804 bits per heavy atom. The molecule has 3 aliphatic heterocycles. The van der Waals surface area contributed by atoms with Crippen LogP contribution in [0.4, 0.5) is 9.59 Å². The molecular formula is C34H56I3N4O4S-. The van der Waals surface area contributed by atoms with Crippen molar-refractivity contribution in [1.29, 1.82) is 0 Å². The number of hydrogen-bond donors (Lipinski definition) is 2. The summed E-state index contributed by atoms with van der Waals surface area (Å²) in [6.45, 7) is 8.41. The van der Waals surface area contributed by atoms with Crippen LogP contribution in [0.15, 0.2) is 60.7 Å². The summed E-state index contributed by atoms with van der Waals surface area (Å²) in [6.07, 6.45) is 8.89. The summed E-state index contributed by atoms with van der Waals surface area (Å²) in [6, 6.07) is 20.9. The Balaban J connectivity index is 0.000000660. The van der Waals surface area contributed by atoms with E-state index in [9.17, 15) is 9.59 Å². The van der Waals surface area contributed by atoms with Crippen LogP contribution >= 0.6 is 50.7 Å². The van der Waals surface area contributed by atoms with Gasteiger partial charge in [0.05, 0.1) is 0 Å². The quantitative estimate of drug-likeness (QED) is 0.351. The van der Waals surface area contributed by atoms with E-state index in [1.165, 1.54) is 25.8 Å². The molecule has 12 heteroatoms. The molecule has 264 valence electrons. The first-order valence-electron chi connectivity index (χ1n) is 15.7. The van der Waals surface area contributed by atoms with Gasteiger partial charge in [-0.05, 0) is 69.0 Å². The third kappa shape index (κ3) is 17.7. The van der Waals surface area contributed by atoms with E-state index in [1.54, 1.807) is 4.90 Å². The van der Waals surface area contributed by atoms with E-state index in [0.717, 1.165) is 62.4 Å². The van der Waals surface area contributed by atoms with Crippen LogP contribution in [0.5, 0.6) is 0 Å². The molecule has 0 radical (unpaired) electrons. The summed E-state index contributed by atoms with van der Waals surface area (Å²) in [7, 11) is 0. The molecule has 2 aromatic carbocycles. The zero-order valence-corrected chi connectivity index (χ0v) is 34.1. The van der Waals surface area contributed by atoms with E-state index in [1.807, 2.05) is 65.6 Å². The molecule has 0 bridgehead atoms. The average molecular weight is 998 g/mol. The number of nitrogens with zero attached hydrogens (tertiary/aromatic N) is 2. The van der Waals surface area contributed by atoms with Crippen LogP contribution in [-0.4, -0.2) is 66.3 Å². The third-order valence-corrected chi connectivity index (χ3v) is 8.03. The van der Waals surface area contributed by atoms with Gasteiger partial charge in [0.2, 0.25) is 0 Å². The smallest absolute Gasteiger partial charge is 0.410 e. The summed E-state index contributed by atoms with van der Waals surface area (Å²) in [4.78, 5) is 27.3. The van der Waals surface area contributed by atoms with Gasteiger partial charge in [0.15, 0.2) is 0 Å². The Kier molecular flexibility index (Phi) is 28.0. The predicted molar refractivity (Wildman–Crippen MR) is 209 cm³/mol. The molecule has 3 heterocycles. The van der Waals surface area contributed by atoms with Crippen LogP contribution < -0.4 is 24.3 Å².